The number of rotatable bonds is 2. The predicted molar refractivity (Wildman–Crippen MR) is 59.2 cm³/mol. The molecule has 1 aromatic rings. The van der Waals surface area contributed by atoms with Crippen LogP contribution >= 0.6 is 50.1 Å². The molecule has 0 fully saturated rings. The normalized spacial score (nSPS) is 10.9. The highest BCUT2D eigenvalue weighted by Crippen LogP contribution is 2.30. The largest absolute Gasteiger partial charge is 0.267 e. The molecule has 0 saturated heterocycles. The number of nitrogens with zero attached hydrogens (tertiary/aromatic N) is 1. The quantitative estimate of drug-likeness (QED) is 0.426. The molecule has 0 N–H and O–H groups in total. The fourth-order valence-corrected chi connectivity index (χ4v) is 2.78. The number of alkyl halides is 3. The third-order valence-corrected chi connectivity index (χ3v) is 3.14. The molecule has 1 rings (SSSR count). The SMILES string of the molecule is FC(F)c1c(I)cc(CCl)nc1Br. The maximum absolute atomic E-state index is 12.4. The van der Waals surface area contributed by atoms with Gasteiger partial charge in [-0.25, -0.2) is 13.8 Å². The van der Waals surface area contributed by atoms with Crippen LogP contribution in [0.4, 0.5) is 8.78 Å². The van der Waals surface area contributed by atoms with E-state index in [1.165, 1.54) is 0 Å². The molecule has 0 amide bonds. The molecule has 1 aromatic heterocycles. The van der Waals surface area contributed by atoms with Gasteiger partial charge >= 0.3 is 0 Å². The lowest BCUT2D eigenvalue weighted by molar-refractivity contribution is 0.149. The van der Waals surface area contributed by atoms with Crippen molar-refractivity contribution in [2.24, 2.45) is 0 Å². The Hall–Kier alpha value is 0.510. The molecule has 0 aliphatic rings. The summed E-state index contributed by atoms with van der Waals surface area (Å²) in [5, 5.41) is 0. The van der Waals surface area contributed by atoms with Crippen molar-refractivity contribution < 1.29 is 8.78 Å². The van der Waals surface area contributed by atoms with Crippen LogP contribution in [0.2, 0.25) is 0 Å². The lowest BCUT2D eigenvalue weighted by Crippen LogP contribution is -1.97. The van der Waals surface area contributed by atoms with E-state index in [0.29, 0.717) is 9.26 Å². The summed E-state index contributed by atoms with van der Waals surface area (Å²) in [6, 6.07) is 1.56. The summed E-state index contributed by atoms with van der Waals surface area (Å²) in [5.41, 5.74) is 0.511. The van der Waals surface area contributed by atoms with Crippen molar-refractivity contribution in [1.29, 1.82) is 0 Å². The molecule has 0 spiro atoms. The van der Waals surface area contributed by atoms with Crippen LogP contribution in [0.15, 0.2) is 10.7 Å². The van der Waals surface area contributed by atoms with Crippen LogP contribution in [0, 0.1) is 3.57 Å². The summed E-state index contributed by atoms with van der Waals surface area (Å²) in [6.45, 7) is 0. The lowest BCUT2D eigenvalue weighted by atomic mass is 10.3. The van der Waals surface area contributed by atoms with Crippen molar-refractivity contribution in [3.63, 3.8) is 0 Å². The summed E-state index contributed by atoms with van der Waals surface area (Å²) in [7, 11) is 0. The van der Waals surface area contributed by atoms with Gasteiger partial charge in [-0.05, 0) is 44.6 Å². The first-order chi connectivity index (χ1) is 6.06. The van der Waals surface area contributed by atoms with E-state index in [4.69, 9.17) is 11.6 Å². The van der Waals surface area contributed by atoms with E-state index in [1.54, 1.807) is 6.07 Å². The molecule has 6 heteroatoms. The third kappa shape index (κ3) is 2.73. The minimum absolute atomic E-state index is 0.0746. The van der Waals surface area contributed by atoms with Crippen LogP contribution in [-0.2, 0) is 5.88 Å². The van der Waals surface area contributed by atoms with E-state index in [-0.39, 0.29) is 16.0 Å². The third-order valence-electron chi connectivity index (χ3n) is 1.37. The maximum atomic E-state index is 12.4. The van der Waals surface area contributed by atoms with Gasteiger partial charge in [0.15, 0.2) is 0 Å². The molecule has 0 unspecified atom stereocenters. The average Bonchev–Trinajstić information content (AvgIpc) is 2.02. The van der Waals surface area contributed by atoms with Gasteiger partial charge in [0.05, 0.1) is 17.1 Å². The van der Waals surface area contributed by atoms with Crippen molar-refractivity contribution in [2.75, 3.05) is 0 Å². The van der Waals surface area contributed by atoms with Gasteiger partial charge in [-0.1, -0.05) is 0 Å². The molecule has 0 aromatic carbocycles. The molecule has 0 saturated carbocycles. The van der Waals surface area contributed by atoms with Gasteiger partial charge in [0.1, 0.15) is 4.60 Å². The first-order valence-electron chi connectivity index (χ1n) is 3.25. The second kappa shape index (κ2) is 4.84. The number of pyridine rings is 1. The number of halogens is 5. The minimum Gasteiger partial charge on any atom is -0.244 e. The van der Waals surface area contributed by atoms with E-state index in [0.717, 1.165) is 0 Å². The second-order valence-electron chi connectivity index (χ2n) is 2.23. The van der Waals surface area contributed by atoms with Crippen LogP contribution in [0.5, 0.6) is 0 Å². The Kier molecular flexibility index (Phi) is 4.31. The Morgan fingerprint density at radius 1 is 1.62 bits per heavy atom. The molecule has 0 radical (unpaired) electrons. The molecule has 13 heavy (non-hydrogen) atoms. The monoisotopic (exact) mass is 381 g/mol. The first kappa shape index (κ1) is 11.6. The average molecular weight is 382 g/mol. The zero-order valence-corrected chi connectivity index (χ0v) is 10.7. The fourth-order valence-electron chi connectivity index (χ4n) is 0.804. The topological polar surface area (TPSA) is 12.9 Å². The van der Waals surface area contributed by atoms with E-state index < -0.39 is 6.43 Å². The molecule has 0 bridgehead atoms. The highest BCUT2D eigenvalue weighted by molar-refractivity contribution is 14.1. The number of hydrogen-bond acceptors (Lipinski definition) is 1. The van der Waals surface area contributed by atoms with Gasteiger partial charge in [-0.15, -0.1) is 11.6 Å². The van der Waals surface area contributed by atoms with Crippen LogP contribution in [0.3, 0.4) is 0 Å². The van der Waals surface area contributed by atoms with E-state index >= 15 is 0 Å². The highest BCUT2D eigenvalue weighted by atomic mass is 127. The first-order valence-corrected chi connectivity index (χ1v) is 5.65. The van der Waals surface area contributed by atoms with Crippen molar-refractivity contribution in [3.8, 4) is 0 Å². The van der Waals surface area contributed by atoms with Crippen LogP contribution < -0.4 is 0 Å². The molecular formula is C7H4BrClF2IN. The molecule has 1 nitrogen and oxygen atoms in total. The van der Waals surface area contributed by atoms with Crippen molar-refractivity contribution in [1.82, 2.24) is 4.98 Å². The van der Waals surface area contributed by atoms with Crippen LogP contribution in [0.1, 0.15) is 17.7 Å². The molecule has 0 aliphatic carbocycles. The zero-order valence-electron chi connectivity index (χ0n) is 6.20. The number of hydrogen-bond donors (Lipinski definition) is 0. The fraction of sp³-hybridized carbons (Fsp3) is 0.286. The smallest absolute Gasteiger partial charge is 0.244 e. The maximum Gasteiger partial charge on any atom is 0.267 e. The summed E-state index contributed by atoms with van der Waals surface area (Å²) in [4.78, 5) is 3.87. The van der Waals surface area contributed by atoms with Gasteiger partial charge in [0.2, 0.25) is 0 Å². The molecule has 72 valence electrons. The summed E-state index contributed by atoms with van der Waals surface area (Å²) in [5.74, 6) is 0.220. The van der Waals surface area contributed by atoms with Gasteiger partial charge in [-0.2, -0.15) is 0 Å². The minimum atomic E-state index is -2.52. The molecular weight excluding hydrogens is 378 g/mol. The van der Waals surface area contributed by atoms with Crippen molar-refractivity contribution in [3.05, 3.63) is 25.5 Å². The van der Waals surface area contributed by atoms with E-state index in [9.17, 15) is 8.78 Å². The Bertz CT molecular complexity index is 298. The van der Waals surface area contributed by atoms with Gasteiger partial charge in [0, 0.05) is 3.57 Å². The predicted octanol–water partition coefficient (Wildman–Crippen LogP) is 4.13. The number of aromatic nitrogens is 1. The summed E-state index contributed by atoms with van der Waals surface area (Å²) < 4.78 is 25.5. The Morgan fingerprint density at radius 3 is 2.62 bits per heavy atom. The Labute approximate surface area is 101 Å². The van der Waals surface area contributed by atoms with Gasteiger partial charge < -0.3 is 0 Å². The highest BCUT2D eigenvalue weighted by Gasteiger charge is 2.17. The Morgan fingerprint density at radius 2 is 2.23 bits per heavy atom. The lowest BCUT2D eigenvalue weighted by Gasteiger charge is -2.06. The summed E-state index contributed by atoms with van der Waals surface area (Å²) in [6.07, 6.45) is -2.52. The van der Waals surface area contributed by atoms with Crippen LogP contribution in [0.25, 0.3) is 0 Å². The van der Waals surface area contributed by atoms with Gasteiger partial charge in [0.25, 0.3) is 6.43 Å². The van der Waals surface area contributed by atoms with Gasteiger partial charge in [-0.3, -0.25) is 0 Å². The van der Waals surface area contributed by atoms with Crippen molar-refractivity contribution in [2.45, 2.75) is 12.3 Å². The zero-order chi connectivity index (χ0) is 10.0. The van der Waals surface area contributed by atoms with Crippen molar-refractivity contribution >= 4 is 50.1 Å². The Balaban J connectivity index is 3.23. The molecule has 0 atom stereocenters. The standard InChI is InChI=1S/C7H4BrClF2IN/c8-6-5(7(10)11)4(12)1-3(2-9)13-6/h1,7H,2H2. The van der Waals surface area contributed by atoms with E-state index in [1.807, 2.05) is 22.6 Å². The molecule has 0 aliphatic heterocycles. The second-order valence-corrected chi connectivity index (χ2v) is 4.41. The van der Waals surface area contributed by atoms with Crippen LogP contribution in [-0.4, -0.2) is 4.98 Å². The summed E-state index contributed by atoms with van der Waals surface area (Å²) >= 11 is 10.4. The molecule has 1 heterocycles. The van der Waals surface area contributed by atoms with E-state index in [2.05, 4.69) is 20.9 Å².